The van der Waals surface area contributed by atoms with Gasteiger partial charge in [-0.15, -0.1) is 0 Å². The molecular weight excluding hydrogens is 196 g/mol. The van der Waals surface area contributed by atoms with Gasteiger partial charge >= 0.3 is 0 Å². The van der Waals surface area contributed by atoms with Gasteiger partial charge in [-0.3, -0.25) is 0 Å². The Morgan fingerprint density at radius 3 is 2.44 bits per heavy atom. The topological polar surface area (TPSA) is 30.9 Å². The number of rotatable bonds is 2. The number of benzene rings is 1. The monoisotopic (exact) mass is 216 g/mol. The highest BCUT2D eigenvalue weighted by Gasteiger charge is 2.12. The number of fused-ring (bicyclic) bond motifs is 1. The highest BCUT2D eigenvalue weighted by atomic mass is 15.0. The van der Waals surface area contributed by atoms with Crippen LogP contribution < -0.4 is 5.73 Å². The fourth-order valence-electron chi connectivity index (χ4n) is 2.49. The molecule has 0 aliphatic rings. The van der Waals surface area contributed by atoms with E-state index in [4.69, 9.17) is 5.73 Å². The third kappa shape index (κ3) is 1.63. The maximum Gasteiger partial charge on any atom is 0.0488 e. The fraction of sp³-hybridized carbons (Fsp3) is 0.429. The van der Waals surface area contributed by atoms with E-state index in [2.05, 4.69) is 49.6 Å². The Labute approximate surface area is 97.1 Å². The molecule has 0 fully saturated rings. The van der Waals surface area contributed by atoms with Crippen LogP contribution in [0, 0.1) is 6.92 Å². The summed E-state index contributed by atoms with van der Waals surface area (Å²) in [5, 5.41) is 1.30. The van der Waals surface area contributed by atoms with Crippen molar-refractivity contribution in [3.63, 3.8) is 0 Å². The predicted octanol–water partition coefficient (Wildman–Crippen LogP) is 3.55. The van der Waals surface area contributed by atoms with E-state index in [1.165, 1.54) is 22.2 Å². The van der Waals surface area contributed by atoms with E-state index in [1.807, 2.05) is 6.92 Å². The van der Waals surface area contributed by atoms with E-state index in [1.54, 1.807) is 0 Å². The Kier molecular flexibility index (Phi) is 2.76. The minimum Gasteiger partial charge on any atom is -0.342 e. The predicted molar refractivity (Wildman–Crippen MR) is 69.7 cm³/mol. The van der Waals surface area contributed by atoms with Crippen LogP contribution in [0.3, 0.4) is 0 Å². The molecule has 1 atom stereocenters. The Balaban J connectivity index is 2.78. The number of nitrogens with two attached hydrogens (primary N) is 1. The minimum absolute atomic E-state index is 0.0890. The van der Waals surface area contributed by atoms with Crippen molar-refractivity contribution in [2.24, 2.45) is 5.73 Å². The molecule has 0 amide bonds. The van der Waals surface area contributed by atoms with Crippen LogP contribution in [-0.2, 0) is 0 Å². The number of hydrogen-bond donors (Lipinski definition) is 1. The zero-order valence-corrected chi connectivity index (χ0v) is 10.5. The van der Waals surface area contributed by atoms with Crippen molar-refractivity contribution in [2.75, 3.05) is 0 Å². The average molecular weight is 216 g/mol. The molecule has 16 heavy (non-hydrogen) atoms. The highest BCUT2D eigenvalue weighted by molar-refractivity contribution is 5.85. The van der Waals surface area contributed by atoms with Crippen molar-refractivity contribution in [1.29, 1.82) is 0 Å². The van der Waals surface area contributed by atoms with E-state index in [9.17, 15) is 0 Å². The van der Waals surface area contributed by atoms with E-state index in [0.29, 0.717) is 6.04 Å². The second-order valence-electron chi connectivity index (χ2n) is 4.82. The molecule has 2 heteroatoms. The van der Waals surface area contributed by atoms with Gasteiger partial charge in [-0.2, -0.15) is 0 Å². The summed E-state index contributed by atoms with van der Waals surface area (Å²) in [7, 11) is 0. The summed E-state index contributed by atoms with van der Waals surface area (Å²) in [5.74, 6) is 0. The lowest BCUT2D eigenvalue weighted by Crippen LogP contribution is -2.06. The van der Waals surface area contributed by atoms with Crippen LogP contribution in [0.2, 0.25) is 0 Å². The van der Waals surface area contributed by atoms with Crippen molar-refractivity contribution in [3.8, 4) is 0 Å². The third-order valence-corrected chi connectivity index (χ3v) is 3.12. The smallest absolute Gasteiger partial charge is 0.0488 e. The Bertz CT molecular complexity index is 507. The first-order valence-electron chi connectivity index (χ1n) is 5.88. The van der Waals surface area contributed by atoms with E-state index < -0.39 is 0 Å². The molecule has 0 saturated heterocycles. The molecule has 2 rings (SSSR count). The van der Waals surface area contributed by atoms with Crippen LogP contribution in [0.25, 0.3) is 10.9 Å². The summed E-state index contributed by atoms with van der Waals surface area (Å²) in [5.41, 5.74) is 9.84. The number of aryl methyl sites for hydroxylation is 1. The lowest BCUT2D eigenvalue weighted by molar-refractivity contribution is 0.608. The molecule has 2 N–H and O–H groups in total. The van der Waals surface area contributed by atoms with Gasteiger partial charge in [-0.1, -0.05) is 12.1 Å². The van der Waals surface area contributed by atoms with Gasteiger partial charge in [-0.25, -0.2) is 0 Å². The van der Waals surface area contributed by atoms with Crippen LogP contribution in [0.1, 0.15) is 44.1 Å². The summed E-state index contributed by atoms with van der Waals surface area (Å²) in [6, 6.07) is 9.21. The molecule has 2 nitrogen and oxygen atoms in total. The van der Waals surface area contributed by atoms with E-state index in [0.717, 1.165) is 0 Å². The van der Waals surface area contributed by atoms with Crippen LogP contribution in [0.4, 0.5) is 0 Å². The second-order valence-corrected chi connectivity index (χ2v) is 4.82. The molecule has 0 radical (unpaired) electrons. The first kappa shape index (κ1) is 11.2. The maximum absolute atomic E-state index is 6.01. The van der Waals surface area contributed by atoms with Crippen LogP contribution in [0.15, 0.2) is 24.3 Å². The van der Waals surface area contributed by atoms with E-state index >= 15 is 0 Å². The molecule has 86 valence electrons. The lowest BCUT2D eigenvalue weighted by Gasteiger charge is -2.13. The Morgan fingerprint density at radius 1 is 1.19 bits per heavy atom. The van der Waals surface area contributed by atoms with Gasteiger partial charge in [-0.05, 0) is 45.4 Å². The molecule has 0 bridgehead atoms. The Morgan fingerprint density at radius 2 is 1.88 bits per heavy atom. The van der Waals surface area contributed by atoms with Gasteiger partial charge in [0.15, 0.2) is 0 Å². The summed E-state index contributed by atoms with van der Waals surface area (Å²) in [6.45, 7) is 8.62. The number of hydrogen-bond acceptors (Lipinski definition) is 1. The zero-order chi connectivity index (χ0) is 11.9. The third-order valence-electron chi connectivity index (χ3n) is 3.12. The van der Waals surface area contributed by atoms with Crippen molar-refractivity contribution in [1.82, 2.24) is 4.57 Å². The Hall–Kier alpha value is -1.28. The van der Waals surface area contributed by atoms with Gasteiger partial charge in [0.05, 0.1) is 0 Å². The van der Waals surface area contributed by atoms with Gasteiger partial charge in [0.25, 0.3) is 0 Å². The average Bonchev–Trinajstić information content (AvgIpc) is 2.52. The molecule has 0 spiro atoms. The number of aromatic nitrogens is 1. The van der Waals surface area contributed by atoms with Crippen molar-refractivity contribution >= 4 is 10.9 Å². The van der Waals surface area contributed by atoms with Crippen LogP contribution >= 0.6 is 0 Å². The van der Waals surface area contributed by atoms with E-state index in [-0.39, 0.29) is 6.04 Å². The molecule has 1 heterocycles. The van der Waals surface area contributed by atoms with Crippen molar-refractivity contribution in [3.05, 3.63) is 35.5 Å². The summed E-state index contributed by atoms with van der Waals surface area (Å²) >= 11 is 0. The van der Waals surface area contributed by atoms with Gasteiger partial charge in [0, 0.05) is 28.7 Å². The van der Waals surface area contributed by atoms with Crippen LogP contribution in [0.5, 0.6) is 0 Å². The van der Waals surface area contributed by atoms with Gasteiger partial charge in [0.2, 0.25) is 0 Å². The highest BCUT2D eigenvalue weighted by Crippen LogP contribution is 2.28. The summed E-state index contributed by atoms with van der Waals surface area (Å²) in [4.78, 5) is 0. The first-order chi connectivity index (χ1) is 7.52. The zero-order valence-electron chi connectivity index (χ0n) is 10.5. The minimum atomic E-state index is 0.0890. The normalized spacial score (nSPS) is 13.6. The van der Waals surface area contributed by atoms with Gasteiger partial charge in [0.1, 0.15) is 0 Å². The number of nitrogens with zero attached hydrogens (tertiary/aromatic N) is 1. The van der Waals surface area contributed by atoms with Crippen molar-refractivity contribution < 1.29 is 0 Å². The largest absolute Gasteiger partial charge is 0.342 e. The SMILES string of the molecule is Cc1cc2c(C(C)N)cccc2n1C(C)C. The molecule has 0 aliphatic carbocycles. The standard InChI is InChI=1S/C14H20N2/c1-9(2)16-10(3)8-13-12(11(4)15)6-5-7-14(13)16/h5-9,11H,15H2,1-4H3. The molecule has 2 aromatic rings. The molecule has 1 aromatic heterocycles. The van der Waals surface area contributed by atoms with Crippen LogP contribution in [-0.4, -0.2) is 4.57 Å². The maximum atomic E-state index is 6.01. The lowest BCUT2D eigenvalue weighted by atomic mass is 10.0. The molecule has 0 aliphatic heterocycles. The molecular formula is C14H20N2. The quantitative estimate of drug-likeness (QED) is 0.817. The first-order valence-corrected chi connectivity index (χ1v) is 5.88. The summed E-state index contributed by atoms with van der Waals surface area (Å²) in [6.07, 6.45) is 0. The molecule has 0 saturated carbocycles. The molecule has 1 aromatic carbocycles. The molecule has 1 unspecified atom stereocenters. The van der Waals surface area contributed by atoms with Gasteiger partial charge < -0.3 is 10.3 Å². The summed E-state index contributed by atoms with van der Waals surface area (Å²) < 4.78 is 2.36. The second kappa shape index (κ2) is 3.95. The van der Waals surface area contributed by atoms with Crippen molar-refractivity contribution in [2.45, 2.75) is 39.8 Å². The fourth-order valence-corrected chi connectivity index (χ4v) is 2.49.